The lowest BCUT2D eigenvalue weighted by Gasteiger charge is -2.30. The molecule has 0 unspecified atom stereocenters. The summed E-state index contributed by atoms with van der Waals surface area (Å²) in [7, 11) is 0. The smallest absolute Gasteiger partial charge is 0.0412 e. The van der Waals surface area contributed by atoms with Gasteiger partial charge in [-0.15, -0.1) is 0 Å². The van der Waals surface area contributed by atoms with Gasteiger partial charge in [-0.05, 0) is 37.8 Å². The third-order valence-electron chi connectivity index (χ3n) is 3.91. The minimum absolute atomic E-state index is 0.0612. The van der Waals surface area contributed by atoms with Gasteiger partial charge in [0.1, 0.15) is 0 Å². The summed E-state index contributed by atoms with van der Waals surface area (Å²) < 4.78 is 0. The van der Waals surface area contributed by atoms with Crippen molar-refractivity contribution in [2.75, 3.05) is 0 Å². The average Bonchev–Trinajstić information content (AvgIpc) is 2.43. The highest BCUT2D eigenvalue weighted by molar-refractivity contribution is 5.35. The first-order valence-corrected chi connectivity index (χ1v) is 6.48. The van der Waals surface area contributed by atoms with Crippen LogP contribution in [0, 0.1) is 13.8 Å². The lowest BCUT2D eigenvalue weighted by molar-refractivity contribution is 0.383. The van der Waals surface area contributed by atoms with E-state index >= 15 is 0 Å². The molecule has 1 fully saturated rings. The van der Waals surface area contributed by atoms with Crippen LogP contribution in [0.5, 0.6) is 0 Å². The van der Waals surface area contributed by atoms with Gasteiger partial charge in [0.05, 0.1) is 0 Å². The van der Waals surface area contributed by atoms with Crippen molar-refractivity contribution >= 4 is 0 Å². The Labute approximate surface area is 99.0 Å². The summed E-state index contributed by atoms with van der Waals surface area (Å²) in [6, 6.07) is 6.70. The maximum absolute atomic E-state index is 6.63. The van der Waals surface area contributed by atoms with Crippen molar-refractivity contribution in [3.63, 3.8) is 0 Å². The Morgan fingerprint density at radius 2 is 1.62 bits per heavy atom. The number of nitrogens with two attached hydrogens (primary N) is 1. The normalized spacial score (nSPS) is 20.4. The van der Waals surface area contributed by atoms with Gasteiger partial charge in [0, 0.05) is 5.54 Å². The van der Waals surface area contributed by atoms with E-state index in [0.717, 1.165) is 12.8 Å². The van der Waals surface area contributed by atoms with Crippen LogP contribution in [0.3, 0.4) is 0 Å². The summed E-state index contributed by atoms with van der Waals surface area (Å²) in [5, 5.41) is 0. The summed E-state index contributed by atoms with van der Waals surface area (Å²) in [5.41, 5.74) is 10.6. The maximum Gasteiger partial charge on any atom is 0.0412 e. The first kappa shape index (κ1) is 11.7. The molecule has 0 aliphatic heterocycles. The van der Waals surface area contributed by atoms with E-state index in [9.17, 15) is 0 Å². The Morgan fingerprint density at radius 3 is 2.19 bits per heavy atom. The molecule has 0 heterocycles. The van der Waals surface area contributed by atoms with Gasteiger partial charge in [-0.3, -0.25) is 0 Å². The van der Waals surface area contributed by atoms with E-state index in [1.54, 1.807) is 0 Å². The van der Waals surface area contributed by atoms with Crippen LogP contribution in [0.25, 0.3) is 0 Å². The number of hydrogen-bond donors (Lipinski definition) is 1. The molecule has 2 rings (SSSR count). The molecular weight excluding hydrogens is 194 g/mol. The molecule has 0 spiro atoms. The summed E-state index contributed by atoms with van der Waals surface area (Å²) >= 11 is 0. The topological polar surface area (TPSA) is 26.0 Å². The molecule has 1 saturated carbocycles. The van der Waals surface area contributed by atoms with E-state index in [2.05, 4.69) is 32.0 Å². The fourth-order valence-corrected chi connectivity index (χ4v) is 3.00. The SMILES string of the molecule is Cc1ccc(C2(N)CCCCCC2)c(C)c1. The molecule has 1 nitrogen and oxygen atoms in total. The largest absolute Gasteiger partial charge is 0.321 e. The molecule has 0 saturated heterocycles. The maximum atomic E-state index is 6.63. The van der Waals surface area contributed by atoms with Crippen molar-refractivity contribution in [2.24, 2.45) is 5.73 Å². The Morgan fingerprint density at radius 1 is 1.00 bits per heavy atom. The van der Waals surface area contributed by atoms with Crippen LogP contribution >= 0.6 is 0 Å². The minimum Gasteiger partial charge on any atom is -0.321 e. The highest BCUT2D eigenvalue weighted by atomic mass is 14.7. The molecule has 0 bridgehead atoms. The van der Waals surface area contributed by atoms with Gasteiger partial charge in [0.2, 0.25) is 0 Å². The van der Waals surface area contributed by atoms with Gasteiger partial charge in [-0.2, -0.15) is 0 Å². The fraction of sp³-hybridized carbons (Fsp3) is 0.600. The van der Waals surface area contributed by atoms with Crippen molar-refractivity contribution < 1.29 is 0 Å². The molecule has 2 N–H and O–H groups in total. The van der Waals surface area contributed by atoms with Gasteiger partial charge in [0.15, 0.2) is 0 Å². The Bertz CT molecular complexity index is 360. The molecule has 1 aliphatic carbocycles. The highest BCUT2D eigenvalue weighted by Crippen LogP contribution is 2.35. The van der Waals surface area contributed by atoms with Crippen molar-refractivity contribution in [2.45, 2.75) is 57.9 Å². The summed E-state index contributed by atoms with van der Waals surface area (Å²) in [5.74, 6) is 0. The zero-order valence-corrected chi connectivity index (χ0v) is 10.6. The predicted octanol–water partition coefficient (Wildman–Crippen LogP) is 3.81. The third-order valence-corrected chi connectivity index (χ3v) is 3.91. The van der Waals surface area contributed by atoms with E-state index < -0.39 is 0 Å². The molecule has 1 aromatic rings. The van der Waals surface area contributed by atoms with Gasteiger partial charge < -0.3 is 5.73 Å². The van der Waals surface area contributed by atoms with Gasteiger partial charge >= 0.3 is 0 Å². The first-order chi connectivity index (χ1) is 7.62. The highest BCUT2D eigenvalue weighted by Gasteiger charge is 2.29. The van der Waals surface area contributed by atoms with Crippen molar-refractivity contribution in [1.82, 2.24) is 0 Å². The monoisotopic (exact) mass is 217 g/mol. The van der Waals surface area contributed by atoms with E-state index in [4.69, 9.17) is 5.73 Å². The van der Waals surface area contributed by atoms with Crippen LogP contribution in [0.1, 0.15) is 55.2 Å². The zero-order chi connectivity index (χ0) is 11.6. The van der Waals surface area contributed by atoms with E-state index in [-0.39, 0.29) is 5.54 Å². The minimum atomic E-state index is -0.0612. The molecule has 0 atom stereocenters. The fourth-order valence-electron chi connectivity index (χ4n) is 3.00. The van der Waals surface area contributed by atoms with Gasteiger partial charge in [0.25, 0.3) is 0 Å². The molecule has 0 amide bonds. The molecule has 88 valence electrons. The van der Waals surface area contributed by atoms with Crippen LogP contribution in [-0.2, 0) is 5.54 Å². The van der Waals surface area contributed by atoms with E-state index in [1.807, 2.05) is 0 Å². The molecular formula is C15H23N. The van der Waals surface area contributed by atoms with Crippen LogP contribution in [0.2, 0.25) is 0 Å². The second-order valence-corrected chi connectivity index (χ2v) is 5.39. The Hall–Kier alpha value is -0.820. The molecule has 0 aromatic heterocycles. The lowest BCUT2D eigenvalue weighted by Crippen LogP contribution is -2.36. The number of aryl methyl sites for hydroxylation is 2. The molecule has 16 heavy (non-hydrogen) atoms. The summed E-state index contributed by atoms with van der Waals surface area (Å²) in [4.78, 5) is 0. The Balaban J connectivity index is 2.33. The van der Waals surface area contributed by atoms with Crippen molar-refractivity contribution in [3.8, 4) is 0 Å². The molecule has 1 aromatic carbocycles. The zero-order valence-electron chi connectivity index (χ0n) is 10.6. The summed E-state index contributed by atoms with van der Waals surface area (Å²) in [6.45, 7) is 4.34. The van der Waals surface area contributed by atoms with Gasteiger partial charge in [-0.25, -0.2) is 0 Å². The van der Waals surface area contributed by atoms with Crippen molar-refractivity contribution in [1.29, 1.82) is 0 Å². The molecule has 1 heteroatoms. The second kappa shape index (κ2) is 4.58. The summed E-state index contributed by atoms with van der Waals surface area (Å²) in [6.07, 6.45) is 7.56. The van der Waals surface area contributed by atoms with Gasteiger partial charge in [-0.1, -0.05) is 49.4 Å². The van der Waals surface area contributed by atoms with E-state index in [0.29, 0.717) is 0 Å². The molecule has 1 aliphatic rings. The van der Waals surface area contributed by atoms with Crippen LogP contribution in [-0.4, -0.2) is 0 Å². The quantitative estimate of drug-likeness (QED) is 0.711. The number of hydrogen-bond acceptors (Lipinski definition) is 1. The number of rotatable bonds is 1. The predicted molar refractivity (Wildman–Crippen MR) is 69.5 cm³/mol. The lowest BCUT2D eigenvalue weighted by atomic mass is 9.81. The van der Waals surface area contributed by atoms with Crippen LogP contribution < -0.4 is 5.73 Å². The van der Waals surface area contributed by atoms with Crippen LogP contribution in [0.15, 0.2) is 18.2 Å². The second-order valence-electron chi connectivity index (χ2n) is 5.39. The first-order valence-electron chi connectivity index (χ1n) is 6.48. The standard InChI is InChI=1S/C15H23N/c1-12-7-8-14(13(2)11-12)15(16)9-5-3-4-6-10-15/h7-8,11H,3-6,9-10,16H2,1-2H3. The third kappa shape index (κ3) is 2.30. The number of benzene rings is 1. The average molecular weight is 217 g/mol. The molecule has 0 radical (unpaired) electrons. The van der Waals surface area contributed by atoms with Crippen LogP contribution in [0.4, 0.5) is 0 Å². The van der Waals surface area contributed by atoms with E-state index in [1.165, 1.54) is 42.4 Å². The Kier molecular flexibility index (Phi) is 3.34. The van der Waals surface area contributed by atoms with Crippen molar-refractivity contribution in [3.05, 3.63) is 34.9 Å².